The van der Waals surface area contributed by atoms with Crippen LogP contribution in [0.3, 0.4) is 0 Å². The molecule has 0 saturated carbocycles. The first-order chi connectivity index (χ1) is 14.0. The molecule has 1 amide bonds. The summed E-state index contributed by atoms with van der Waals surface area (Å²) in [6.07, 6.45) is 3.65. The van der Waals surface area contributed by atoms with Crippen LogP contribution < -0.4 is 5.32 Å². The molecule has 2 heterocycles. The van der Waals surface area contributed by atoms with Gasteiger partial charge in [0.2, 0.25) is 0 Å². The highest BCUT2D eigenvalue weighted by Gasteiger charge is 2.10. The van der Waals surface area contributed by atoms with Gasteiger partial charge in [0, 0.05) is 20.6 Å². The van der Waals surface area contributed by atoms with Crippen molar-refractivity contribution in [3.8, 4) is 11.1 Å². The predicted molar refractivity (Wildman–Crippen MR) is 115 cm³/mol. The summed E-state index contributed by atoms with van der Waals surface area (Å²) in [5, 5.41) is 7.18. The maximum Gasteiger partial charge on any atom is 0.269 e. The molecule has 1 N–H and O–H groups in total. The number of hydrogen-bond donors (Lipinski definition) is 1. The first-order valence-corrected chi connectivity index (χ1v) is 9.80. The van der Waals surface area contributed by atoms with E-state index in [4.69, 9.17) is 0 Å². The number of fused-ring (bicyclic) bond motifs is 1. The smallest absolute Gasteiger partial charge is 0.269 e. The molecule has 4 rings (SSSR count). The number of amides is 1. The second-order valence-electron chi connectivity index (χ2n) is 7.41. The van der Waals surface area contributed by atoms with Gasteiger partial charge in [0.25, 0.3) is 5.91 Å². The third kappa shape index (κ3) is 4.06. The summed E-state index contributed by atoms with van der Waals surface area (Å²) in [4.78, 5) is 16.6. The van der Waals surface area contributed by atoms with Gasteiger partial charge in [0.1, 0.15) is 5.69 Å². The van der Waals surface area contributed by atoms with Crippen molar-refractivity contribution in [2.45, 2.75) is 19.8 Å². The number of hydrogen-bond acceptors (Lipinski definition) is 3. The van der Waals surface area contributed by atoms with Crippen LogP contribution in [0.1, 0.15) is 28.2 Å². The molecule has 0 atom stereocenters. The summed E-state index contributed by atoms with van der Waals surface area (Å²) in [6, 6.07) is 16.8. The number of carbonyl (C=O) groups is 1. The summed E-state index contributed by atoms with van der Waals surface area (Å²) in [6.45, 7) is 2.52. The van der Waals surface area contributed by atoms with Crippen molar-refractivity contribution in [2.24, 2.45) is 14.1 Å². The molecule has 0 fully saturated rings. The summed E-state index contributed by atoms with van der Waals surface area (Å²) in [5.41, 5.74) is 7.19. The maximum absolute atomic E-state index is 12.2. The standard InChI is InChI=1S/C23H25N5O/c1-16-13-22(28(3)26-16)23(29)24-12-4-5-17-6-8-18(9-7-17)19-10-11-21-20(14-19)25-15-27(21)2/h6-11,13-15H,4-5,12H2,1-3H3,(H,24,29). The number of imidazole rings is 1. The monoisotopic (exact) mass is 387 g/mol. The molecule has 0 saturated heterocycles. The molecular weight excluding hydrogens is 362 g/mol. The number of aromatic nitrogens is 4. The maximum atomic E-state index is 12.2. The Hall–Kier alpha value is -3.41. The largest absolute Gasteiger partial charge is 0.351 e. The minimum Gasteiger partial charge on any atom is -0.351 e. The van der Waals surface area contributed by atoms with Crippen LogP contribution in [0.2, 0.25) is 0 Å². The Morgan fingerprint density at radius 1 is 1.03 bits per heavy atom. The van der Waals surface area contributed by atoms with Crippen molar-refractivity contribution < 1.29 is 4.79 Å². The van der Waals surface area contributed by atoms with Gasteiger partial charge >= 0.3 is 0 Å². The fraction of sp³-hybridized carbons (Fsp3) is 0.261. The molecule has 4 aromatic rings. The van der Waals surface area contributed by atoms with Gasteiger partial charge in [0.05, 0.1) is 23.1 Å². The molecule has 0 unspecified atom stereocenters. The molecule has 148 valence electrons. The van der Waals surface area contributed by atoms with Crippen LogP contribution in [-0.2, 0) is 20.5 Å². The molecule has 0 bridgehead atoms. The number of nitrogens with one attached hydrogen (secondary N) is 1. The third-order valence-corrected chi connectivity index (χ3v) is 5.18. The van der Waals surface area contributed by atoms with Gasteiger partial charge in [-0.15, -0.1) is 0 Å². The van der Waals surface area contributed by atoms with Crippen LogP contribution in [0.15, 0.2) is 54.9 Å². The van der Waals surface area contributed by atoms with Gasteiger partial charge in [-0.2, -0.15) is 5.10 Å². The fourth-order valence-electron chi connectivity index (χ4n) is 3.59. The Labute approximate surface area is 170 Å². The summed E-state index contributed by atoms with van der Waals surface area (Å²) >= 11 is 0. The highest BCUT2D eigenvalue weighted by Crippen LogP contribution is 2.24. The number of benzene rings is 2. The molecular formula is C23H25N5O. The zero-order valence-corrected chi connectivity index (χ0v) is 17.0. The van der Waals surface area contributed by atoms with Gasteiger partial charge in [-0.1, -0.05) is 30.3 Å². The summed E-state index contributed by atoms with van der Waals surface area (Å²) in [5.74, 6) is -0.0756. The SMILES string of the molecule is Cc1cc(C(=O)NCCCc2ccc(-c3ccc4c(c3)ncn4C)cc2)n(C)n1. The second-order valence-corrected chi connectivity index (χ2v) is 7.41. The normalized spacial score (nSPS) is 11.1. The molecule has 0 aliphatic carbocycles. The van der Waals surface area contributed by atoms with Crippen molar-refractivity contribution >= 4 is 16.9 Å². The lowest BCUT2D eigenvalue weighted by molar-refractivity contribution is 0.0944. The van der Waals surface area contributed by atoms with Crippen LogP contribution in [-0.4, -0.2) is 31.8 Å². The Balaban J connectivity index is 1.32. The van der Waals surface area contributed by atoms with Gasteiger partial charge in [-0.3, -0.25) is 9.48 Å². The highest BCUT2D eigenvalue weighted by atomic mass is 16.2. The van der Waals surface area contributed by atoms with Crippen molar-refractivity contribution in [3.05, 3.63) is 71.8 Å². The van der Waals surface area contributed by atoms with E-state index in [1.165, 1.54) is 16.7 Å². The topological polar surface area (TPSA) is 64.7 Å². The van der Waals surface area contributed by atoms with Crippen LogP contribution in [0.25, 0.3) is 22.2 Å². The van der Waals surface area contributed by atoms with E-state index in [1.54, 1.807) is 17.8 Å². The van der Waals surface area contributed by atoms with E-state index in [0.29, 0.717) is 12.2 Å². The molecule has 29 heavy (non-hydrogen) atoms. The number of carbonyl (C=O) groups excluding carboxylic acids is 1. The van der Waals surface area contributed by atoms with Crippen LogP contribution in [0.4, 0.5) is 0 Å². The average Bonchev–Trinajstić information content (AvgIpc) is 3.26. The first kappa shape index (κ1) is 18.9. The van der Waals surface area contributed by atoms with Gasteiger partial charge in [-0.25, -0.2) is 4.98 Å². The Morgan fingerprint density at radius 3 is 2.52 bits per heavy atom. The Bertz CT molecular complexity index is 1150. The molecule has 2 aromatic carbocycles. The molecule has 0 radical (unpaired) electrons. The van der Waals surface area contributed by atoms with Crippen LogP contribution in [0, 0.1) is 6.92 Å². The van der Waals surface area contributed by atoms with Crippen molar-refractivity contribution in [2.75, 3.05) is 6.54 Å². The minimum absolute atomic E-state index is 0.0756. The molecule has 0 aliphatic heterocycles. The zero-order valence-electron chi connectivity index (χ0n) is 17.0. The highest BCUT2D eigenvalue weighted by molar-refractivity contribution is 5.92. The zero-order chi connectivity index (χ0) is 20.4. The Kier molecular flexibility index (Phi) is 5.16. The van der Waals surface area contributed by atoms with E-state index >= 15 is 0 Å². The van der Waals surface area contributed by atoms with Crippen LogP contribution >= 0.6 is 0 Å². The lowest BCUT2D eigenvalue weighted by atomic mass is 10.0. The van der Waals surface area contributed by atoms with E-state index < -0.39 is 0 Å². The van der Waals surface area contributed by atoms with E-state index in [2.05, 4.69) is 57.9 Å². The second kappa shape index (κ2) is 7.91. The molecule has 2 aromatic heterocycles. The van der Waals surface area contributed by atoms with Crippen LogP contribution in [0.5, 0.6) is 0 Å². The quantitative estimate of drug-likeness (QED) is 0.514. The lowest BCUT2D eigenvalue weighted by Gasteiger charge is -2.07. The fourth-order valence-corrected chi connectivity index (χ4v) is 3.59. The third-order valence-electron chi connectivity index (χ3n) is 5.18. The van der Waals surface area contributed by atoms with Gasteiger partial charge in [-0.05, 0) is 54.7 Å². The molecule has 0 aliphatic rings. The molecule has 6 heteroatoms. The van der Waals surface area contributed by atoms with Crippen molar-refractivity contribution in [1.82, 2.24) is 24.6 Å². The summed E-state index contributed by atoms with van der Waals surface area (Å²) < 4.78 is 3.64. The van der Waals surface area contributed by atoms with E-state index in [0.717, 1.165) is 29.6 Å². The van der Waals surface area contributed by atoms with Gasteiger partial charge < -0.3 is 9.88 Å². The van der Waals surface area contributed by atoms with Crippen molar-refractivity contribution in [1.29, 1.82) is 0 Å². The first-order valence-electron chi connectivity index (χ1n) is 9.80. The Morgan fingerprint density at radius 2 is 1.79 bits per heavy atom. The minimum atomic E-state index is -0.0756. The number of nitrogens with zero attached hydrogens (tertiary/aromatic N) is 4. The van der Waals surface area contributed by atoms with E-state index in [1.807, 2.05) is 24.9 Å². The number of rotatable bonds is 6. The van der Waals surface area contributed by atoms with Gasteiger partial charge in [0.15, 0.2) is 0 Å². The molecule has 0 spiro atoms. The number of aryl methyl sites for hydroxylation is 4. The molecule has 6 nitrogen and oxygen atoms in total. The van der Waals surface area contributed by atoms with E-state index in [-0.39, 0.29) is 5.91 Å². The van der Waals surface area contributed by atoms with Crippen molar-refractivity contribution in [3.63, 3.8) is 0 Å². The average molecular weight is 387 g/mol. The predicted octanol–water partition coefficient (Wildman–Crippen LogP) is 3.64. The lowest BCUT2D eigenvalue weighted by Crippen LogP contribution is -2.26. The van der Waals surface area contributed by atoms with E-state index in [9.17, 15) is 4.79 Å². The summed E-state index contributed by atoms with van der Waals surface area (Å²) in [7, 11) is 3.79.